The zero-order chi connectivity index (χ0) is 9.23. The van der Waals surface area contributed by atoms with E-state index in [4.69, 9.17) is 9.47 Å². The predicted octanol–water partition coefficient (Wildman–Crippen LogP) is 2.12. The van der Waals surface area contributed by atoms with Crippen LogP contribution in [0.5, 0.6) is 0 Å². The minimum absolute atomic E-state index is 0.599. The molecule has 0 saturated carbocycles. The van der Waals surface area contributed by atoms with Gasteiger partial charge in [0.25, 0.3) is 0 Å². The van der Waals surface area contributed by atoms with Crippen molar-refractivity contribution in [2.45, 2.75) is 20.3 Å². The third-order valence-corrected chi connectivity index (χ3v) is 1.67. The summed E-state index contributed by atoms with van der Waals surface area (Å²) in [4.78, 5) is 0. The van der Waals surface area contributed by atoms with Gasteiger partial charge in [-0.3, -0.25) is 4.72 Å². The Morgan fingerprint density at radius 3 is 2.83 bits per heavy atom. The highest BCUT2D eigenvalue weighted by atomic mass is 32.2. The van der Waals surface area contributed by atoms with Crippen molar-refractivity contribution in [1.29, 1.82) is 0 Å². The zero-order valence-corrected chi connectivity index (χ0v) is 8.58. The predicted molar refractivity (Wildman–Crippen MR) is 52.6 cm³/mol. The summed E-state index contributed by atoms with van der Waals surface area (Å²) in [7, 11) is 0. The third kappa shape index (κ3) is 7.75. The van der Waals surface area contributed by atoms with E-state index in [9.17, 15) is 0 Å². The Balaban J connectivity index is 3.08. The van der Waals surface area contributed by atoms with Crippen molar-refractivity contribution in [1.82, 2.24) is 4.72 Å². The van der Waals surface area contributed by atoms with Crippen LogP contribution >= 0.6 is 11.9 Å². The fourth-order valence-corrected chi connectivity index (χ4v) is 1.02. The number of ether oxygens (including phenoxy) is 2. The van der Waals surface area contributed by atoms with E-state index in [0.29, 0.717) is 18.4 Å². The van der Waals surface area contributed by atoms with Crippen LogP contribution in [0.2, 0.25) is 0 Å². The lowest BCUT2D eigenvalue weighted by atomic mass is 10.5. The Kier molecular flexibility index (Phi) is 8.49. The normalized spacial score (nSPS) is 9.50. The molecule has 0 aromatic rings. The molecular formula is C8H17NO2S. The van der Waals surface area contributed by atoms with E-state index in [-0.39, 0.29) is 0 Å². The maximum absolute atomic E-state index is 5.19. The molecule has 0 heterocycles. The topological polar surface area (TPSA) is 30.5 Å². The third-order valence-electron chi connectivity index (χ3n) is 1.01. The van der Waals surface area contributed by atoms with Gasteiger partial charge in [0.05, 0.1) is 6.61 Å². The summed E-state index contributed by atoms with van der Waals surface area (Å²) in [6.45, 7) is 9.14. The molecule has 0 aromatic carbocycles. The summed E-state index contributed by atoms with van der Waals surface area (Å²) in [5.74, 6) is 1.21. The van der Waals surface area contributed by atoms with Crippen LogP contribution in [0.1, 0.15) is 20.3 Å². The van der Waals surface area contributed by atoms with Gasteiger partial charge in [0.15, 0.2) is 5.88 Å². The van der Waals surface area contributed by atoms with Crippen LogP contribution in [-0.4, -0.2) is 19.2 Å². The molecule has 0 saturated heterocycles. The zero-order valence-electron chi connectivity index (χ0n) is 7.76. The molecular weight excluding hydrogens is 174 g/mol. The maximum atomic E-state index is 5.19. The summed E-state index contributed by atoms with van der Waals surface area (Å²) < 4.78 is 13.2. The van der Waals surface area contributed by atoms with Crippen molar-refractivity contribution < 1.29 is 9.47 Å². The van der Waals surface area contributed by atoms with Crippen LogP contribution in [0.4, 0.5) is 0 Å². The van der Waals surface area contributed by atoms with Gasteiger partial charge >= 0.3 is 0 Å². The lowest BCUT2D eigenvalue weighted by molar-refractivity contribution is 0.193. The van der Waals surface area contributed by atoms with E-state index in [1.54, 1.807) is 0 Å². The van der Waals surface area contributed by atoms with Gasteiger partial charge in [-0.15, -0.1) is 0 Å². The molecule has 0 rings (SSSR count). The molecule has 72 valence electrons. The Morgan fingerprint density at radius 2 is 2.25 bits per heavy atom. The van der Waals surface area contributed by atoms with Crippen molar-refractivity contribution in [3.8, 4) is 0 Å². The number of hydrogen-bond acceptors (Lipinski definition) is 4. The van der Waals surface area contributed by atoms with E-state index in [1.165, 1.54) is 11.9 Å². The Hall–Kier alpha value is -0.350. The summed E-state index contributed by atoms with van der Waals surface area (Å²) in [6, 6.07) is 0. The lowest BCUT2D eigenvalue weighted by Gasteiger charge is -2.09. The molecule has 0 aliphatic heterocycles. The highest BCUT2D eigenvalue weighted by Gasteiger charge is 1.92. The minimum Gasteiger partial charge on any atom is -0.479 e. The van der Waals surface area contributed by atoms with E-state index in [2.05, 4.69) is 18.2 Å². The van der Waals surface area contributed by atoms with Gasteiger partial charge in [-0.25, -0.2) is 0 Å². The SMILES string of the molecule is C=C(NSCOCC)OCCC. The smallest absolute Gasteiger partial charge is 0.189 e. The molecule has 3 nitrogen and oxygen atoms in total. The van der Waals surface area contributed by atoms with Crippen LogP contribution in [-0.2, 0) is 9.47 Å². The van der Waals surface area contributed by atoms with Crippen molar-refractivity contribution in [2.75, 3.05) is 19.2 Å². The first-order valence-electron chi connectivity index (χ1n) is 4.08. The lowest BCUT2D eigenvalue weighted by Crippen LogP contribution is -2.08. The van der Waals surface area contributed by atoms with Crippen molar-refractivity contribution >= 4 is 11.9 Å². The van der Waals surface area contributed by atoms with E-state index < -0.39 is 0 Å². The van der Waals surface area contributed by atoms with Crippen molar-refractivity contribution in [2.24, 2.45) is 0 Å². The molecule has 0 amide bonds. The highest BCUT2D eigenvalue weighted by Crippen LogP contribution is 2.00. The molecule has 0 unspecified atom stereocenters. The molecule has 1 N–H and O–H groups in total. The largest absolute Gasteiger partial charge is 0.479 e. The van der Waals surface area contributed by atoms with Gasteiger partial charge < -0.3 is 9.47 Å². The fraction of sp³-hybridized carbons (Fsp3) is 0.750. The van der Waals surface area contributed by atoms with Crippen LogP contribution in [0.15, 0.2) is 12.5 Å². The van der Waals surface area contributed by atoms with Crippen LogP contribution in [0, 0.1) is 0 Å². The fourth-order valence-electron chi connectivity index (χ4n) is 0.490. The molecule has 0 aliphatic carbocycles. The van der Waals surface area contributed by atoms with Crippen LogP contribution < -0.4 is 4.72 Å². The second-order valence-electron chi connectivity index (χ2n) is 2.13. The van der Waals surface area contributed by atoms with Gasteiger partial charge in [0.1, 0.15) is 5.94 Å². The molecule has 0 aromatic heterocycles. The number of nitrogens with one attached hydrogen (secondary N) is 1. The Bertz CT molecular complexity index is 120. The first-order valence-corrected chi connectivity index (χ1v) is 5.07. The molecule has 4 heteroatoms. The monoisotopic (exact) mass is 191 g/mol. The number of hydrogen-bond donors (Lipinski definition) is 1. The van der Waals surface area contributed by atoms with Crippen molar-refractivity contribution in [3.05, 3.63) is 12.5 Å². The standard InChI is InChI=1S/C8H17NO2S/c1-4-6-11-8(3)9-12-7-10-5-2/h9H,3-7H2,1-2H3. The summed E-state index contributed by atoms with van der Waals surface area (Å²) in [6.07, 6.45) is 0.997. The average Bonchev–Trinajstić information content (AvgIpc) is 2.09. The summed E-state index contributed by atoms with van der Waals surface area (Å²) in [5.41, 5.74) is 0. The highest BCUT2D eigenvalue weighted by molar-refractivity contribution is 7.97. The first-order chi connectivity index (χ1) is 5.81. The average molecular weight is 191 g/mol. The quantitative estimate of drug-likeness (QED) is 0.275. The minimum atomic E-state index is 0.599. The van der Waals surface area contributed by atoms with Crippen LogP contribution in [0.3, 0.4) is 0 Å². The van der Waals surface area contributed by atoms with Crippen LogP contribution in [0.25, 0.3) is 0 Å². The maximum Gasteiger partial charge on any atom is 0.189 e. The molecule has 0 spiro atoms. The van der Waals surface area contributed by atoms with E-state index in [0.717, 1.165) is 13.0 Å². The van der Waals surface area contributed by atoms with Gasteiger partial charge in [-0.1, -0.05) is 6.92 Å². The molecule has 0 radical (unpaired) electrons. The second-order valence-corrected chi connectivity index (χ2v) is 2.86. The molecule has 0 aliphatic rings. The summed E-state index contributed by atoms with van der Waals surface area (Å²) in [5, 5.41) is 0. The van der Waals surface area contributed by atoms with Gasteiger partial charge in [-0.2, -0.15) is 0 Å². The van der Waals surface area contributed by atoms with E-state index >= 15 is 0 Å². The molecule has 0 fully saturated rings. The molecule has 0 bridgehead atoms. The Morgan fingerprint density at radius 1 is 1.50 bits per heavy atom. The van der Waals surface area contributed by atoms with Gasteiger partial charge in [0, 0.05) is 6.61 Å². The van der Waals surface area contributed by atoms with Gasteiger partial charge in [-0.05, 0) is 31.9 Å². The van der Waals surface area contributed by atoms with E-state index in [1.807, 2.05) is 6.92 Å². The number of rotatable bonds is 8. The van der Waals surface area contributed by atoms with Crippen molar-refractivity contribution in [3.63, 3.8) is 0 Å². The first kappa shape index (κ1) is 11.6. The van der Waals surface area contributed by atoms with Gasteiger partial charge in [0.2, 0.25) is 0 Å². The second kappa shape index (κ2) is 8.74. The molecule has 0 atom stereocenters. The summed E-state index contributed by atoms with van der Waals surface area (Å²) >= 11 is 1.44. The Labute approximate surface area is 78.6 Å². The molecule has 12 heavy (non-hydrogen) atoms.